The lowest BCUT2D eigenvalue weighted by molar-refractivity contribution is 0.0830. The maximum atomic E-state index is 10.8. The van der Waals surface area contributed by atoms with Gasteiger partial charge in [0.15, 0.2) is 11.5 Å². The van der Waals surface area contributed by atoms with Crippen LogP contribution in [0.1, 0.15) is 42.9 Å². The van der Waals surface area contributed by atoms with E-state index in [9.17, 15) is 5.11 Å². The third kappa shape index (κ3) is 5.10. The van der Waals surface area contributed by atoms with E-state index in [4.69, 9.17) is 19.9 Å². The molecule has 0 amide bonds. The molecule has 2 aromatic carbocycles. The summed E-state index contributed by atoms with van der Waals surface area (Å²) in [6.45, 7) is 0.412. The molecule has 1 aliphatic carbocycles. The van der Waals surface area contributed by atoms with Gasteiger partial charge in [0.05, 0.1) is 26.4 Å². The van der Waals surface area contributed by atoms with Gasteiger partial charge in [-0.3, -0.25) is 0 Å². The van der Waals surface area contributed by atoms with Gasteiger partial charge in [-0.05, 0) is 30.4 Å². The summed E-state index contributed by atoms with van der Waals surface area (Å²) in [6, 6.07) is 13.0. The Morgan fingerprint density at radius 2 is 1.61 bits per heavy atom. The van der Waals surface area contributed by atoms with E-state index < -0.39 is 12.1 Å². The molecule has 2 atom stereocenters. The van der Waals surface area contributed by atoms with Crippen molar-refractivity contribution in [3.05, 3.63) is 53.6 Å². The Bertz CT molecular complexity index is 735. The number of nitrogens with two attached hydrogens (primary N) is 1. The summed E-state index contributed by atoms with van der Waals surface area (Å²) in [5.41, 5.74) is 8.27. The summed E-state index contributed by atoms with van der Waals surface area (Å²) in [4.78, 5) is 0. The van der Waals surface area contributed by atoms with Gasteiger partial charge in [-0.25, -0.2) is 0 Å². The molecule has 0 aromatic heterocycles. The van der Waals surface area contributed by atoms with Crippen LogP contribution in [-0.2, 0) is 6.61 Å². The summed E-state index contributed by atoms with van der Waals surface area (Å²) in [5, 5.41) is 10.8. The average molecular weight is 408 g/mol. The lowest BCUT2D eigenvalue weighted by Gasteiger charge is -2.27. The minimum atomic E-state index is -0.607. The zero-order chi connectivity index (χ0) is 19.2. The molecule has 0 spiro atoms. The molecule has 1 aliphatic rings. The molecule has 3 rings (SSSR count). The highest BCUT2D eigenvalue weighted by Crippen LogP contribution is 2.40. The maximum Gasteiger partial charge on any atom is 0.164 e. The number of halogens is 1. The molecule has 0 radical (unpaired) electrons. The average Bonchev–Trinajstić information content (AvgIpc) is 3.26. The second-order valence-corrected chi connectivity index (χ2v) is 7.08. The van der Waals surface area contributed by atoms with Crippen LogP contribution in [-0.4, -0.2) is 25.4 Å². The fourth-order valence-corrected chi connectivity index (χ4v) is 3.77. The predicted molar refractivity (Wildman–Crippen MR) is 112 cm³/mol. The Morgan fingerprint density at radius 1 is 1.00 bits per heavy atom. The summed E-state index contributed by atoms with van der Waals surface area (Å²) in [6.07, 6.45) is 3.73. The van der Waals surface area contributed by atoms with E-state index in [0.29, 0.717) is 23.9 Å². The lowest BCUT2D eigenvalue weighted by atomic mass is 9.90. The van der Waals surface area contributed by atoms with Crippen LogP contribution in [0.15, 0.2) is 42.5 Å². The quantitative estimate of drug-likeness (QED) is 0.684. The molecule has 28 heavy (non-hydrogen) atoms. The lowest BCUT2D eigenvalue weighted by Crippen LogP contribution is -2.32. The molecule has 0 saturated heterocycles. The third-order valence-electron chi connectivity index (χ3n) is 5.36. The first-order valence-electron chi connectivity index (χ1n) is 9.50. The van der Waals surface area contributed by atoms with E-state index in [1.165, 1.54) is 0 Å². The van der Waals surface area contributed by atoms with Crippen LogP contribution in [0.3, 0.4) is 0 Å². The number of hydrogen-bond acceptors (Lipinski definition) is 5. The minimum absolute atomic E-state index is 0. The topological polar surface area (TPSA) is 73.9 Å². The van der Waals surface area contributed by atoms with Gasteiger partial charge in [0.1, 0.15) is 12.4 Å². The van der Waals surface area contributed by atoms with Crippen molar-refractivity contribution in [1.82, 2.24) is 0 Å². The molecule has 2 aromatic rings. The molecule has 6 heteroatoms. The van der Waals surface area contributed by atoms with Gasteiger partial charge in [0.2, 0.25) is 0 Å². The Morgan fingerprint density at radius 3 is 2.21 bits per heavy atom. The van der Waals surface area contributed by atoms with Crippen molar-refractivity contribution in [2.45, 2.75) is 44.4 Å². The van der Waals surface area contributed by atoms with Crippen LogP contribution in [0.4, 0.5) is 0 Å². The first-order valence-corrected chi connectivity index (χ1v) is 9.50. The van der Waals surface area contributed by atoms with Crippen LogP contribution in [0, 0.1) is 5.92 Å². The highest BCUT2D eigenvalue weighted by atomic mass is 35.5. The standard InChI is InChI=1S/C22H29NO4.ClH/c1-25-19-12-17(21(23)22(24)16-10-6-7-11-16)18(13-20(19)26-2)27-14-15-8-4-3-5-9-15;/h3-5,8-9,12-13,16,21-22,24H,6-7,10-11,14,23H2,1-2H3;1H/t21-,22+;/m0./s1. The fourth-order valence-electron chi connectivity index (χ4n) is 3.77. The molecular formula is C22H30ClNO4. The number of ether oxygens (including phenoxy) is 3. The third-order valence-corrected chi connectivity index (χ3v) is 5.36. The smallest absolute Gasteiger partial charge is 0.164 e. The van der Waals surface area contributed by atoms with E-state index in [1.54, 1.807) is 20.3 Å². The predicted octanol–water partition coefficient (Wildman–Crippen LogP) is 4.26. The summed E-state index contributed by atoms with van der Waals surface area (Å²) < 4.78 is 16.9. The Labute approximate surface area is 173 Å². The van der Waals surface area contributed by atoms with Gasteiger partial charge in [-0.2, -0.15) is 0 Å². The van der Waals surface area contributed by atoms with E-state index in [0.717, 1.165) is 36.8 Å². The van der Waals surface area contributed by atoms with Crippen molar-refractivity contribution in [2.24, 2.45) is 11.7 Å². The maximum absolute atomic E-state index is 10.8. The van der Waals surface area contributed by atoms with Crippen molar-refractivity contribution >= 4 is 12.4 Å². The fraction of sp³-hybridized carbons (Fsp3) is 0.455. The monoisotopic (exact) mass is 407 g/mol. The summed E-state index contributed by atoms with van der Waals surface area (Å²) in [7, 11) is 3.18. The number of methoxy groups -OCH3 is 2. The summed E-state index contributed by atoms with van der Waals surface area (Å²) in [5.74, 6) is 2.00. The van der Waals surface area contributed by atoms with E-state index >= 15 is 0 Å². The highest BCUT2D eigenvalue weighted by molar-refractivity contribution is 5.85. The van der Waals surface area contributed by atoms with Crippen LogP contribution in [0.2, 0.25) is 0 Å². The van der Waals surface area contributed by atoms with E-state index in [-0.39, 0.29) is 18.3 Å². The number of aliphatic hydroxyl groups excluding tert-OH is 1. The van der Waals surface area contributed by atoms with Crippen molar-refractivity contribution in [3.63, 3.8) is 0 Å². The zero-order valence-electron chi connectivity index (χ0n) is 16.5. The molecule has 0 unspecified atom stereocenters. The van der Waals surface area contributed by atoms with E-state index in [1.807, 2.05) is 36.4 Å². The molecule has 5 nitrogen and oxygen atoms in total. The highest BCUT2D eigenvalue weighted by Gasteiger charge is 2.31. The second kappa shape index (κ2) is 10.6. The molecule has 0 heterocycles. The van der Waals surface area contributed by atoms with Crippen LogP contribution >= 0.6 is 12.4 Å². The number of benzene rings is 2. The van der Waals surface area contributed by atoms with Crippen molar-refractivity contribution in [3.8, 4) is 17.2 Å². The first-order chi connectivity index (χ1) is 13.1. The zero-order valence-corrected chi connectivity index (χ0v) is 17.3. The van der Waals surface area contributed by atoms with Gasteiger partial charge in [-0.1, -0.05) is 43.2 Å². The molecule has 1 fully saturated rings. The molecule has 154 valence electrons. The van der Waals surface area contributed by atoms with E-state index in [2.05, 4.69) is 0 Å². The van der Waals surface area contributed by atoms with Gasteiger partial charge in [0, 0.05) is 11.6 Å². The summed E-state index contributed by atoms with van der Waals surface area (Å²) >= 11 is 0. The Balaban J connectivity index is 0.00000280. The van der Waals surface area contributed by atoms with Crippen LogP contribution < -0.4 is 19.9 Å². The SMILES string of the molecule is COc1cc(OCc2ccccc2)c([C@H](N)[C@H](O)C2CCCC2)cc1OC.Cl. The van der Waals surface area contributed by atoms with Crippen LogP contribution in [0.5, 0.6) is 17.2 Å². The van der Waals surface area contributed by atoms with Crippen molar-refractivity contribution < 1.29 is 19.3 Å². The largest absolute Gasteiger partial charge is 0.493 e. The molecular weight excluding hydrogens is 378 g/mol. The van der Waals surface area contributed by atoms with Gasteiger partial charge in [-0.15, -0.1) is 12.4 Å². The number of hydrogen-bond donors (Lipinski definition) is 2. The number of aliphatic hydroxyl groups is 1. The van der Waals surface area contributed by atoms with Gasteiger partial charge in [0.25, 0.3) is 0 Å². The molecule has 0 aliphatic heterocycles. The first kappa shape index (κ1) is 22.3. The number of rotatable bonds is 8. The Kier molecular flexibility index (Phi) is 8.42. The van der Waals surface area contributed by atoms with Crippen LogP contribution in [0.25, 0.3) is 0 Å². The molecule has 1 saturated carbocycles. The van der Waals surface area contributed by atoms with Crippen molar-refractivity contribution in [2.75, 3.05) is 14.2 Å². The van der Waals surface area contributed by atoms with Gasteiger partial charge < -0.3 is 25.1 Å². The normalized spacial score (nSPS) is 16.1. The molecule has 3 N–H and O–H groups in total. The van der Waals surface area contributed by atoms with Gasteiger partial charge >= 0.3 is 0 Å². The Hall–Kier alpha value is -1.95. The second-order valence-electron chi connectivity index (χ2n) is 7.08. The minimum Gasteiger partial charge on any atom is -0.493 e. The van der Waals surface area contributed by atoms with Crippen molar-refractivity contribution in [1.29, 1.82) is 0 Å². The molecule has 0 bridgehead atoms.